The van der Waals surface area contributed by atoms with Gasteiger partial charge >= 0.3 is 0 Å². The number of nitrogens with one attached hydrogen (secondary N) is 2. The van der Waals surface area contributed by atoms with Gasteiger partial charge in [0.15, 0.2) is 17.5 Å². The van der Waals surface area contributed by atoms with Crippen LogP contribution < -0.4 is 15.5 Å². The second-order valence-electron chi connectivity index (χ2n) is 7.58. The van der Waals surface area contributed by atoms with Gasteiger partial charge in [0.2, 0.25) is 12.4 Å². The van der Waals surface area contributed by atoms with E-state index < -0.39 is 22.7 Å². The molecule has 1 aliphatic heterocycles. The summed E-state index contributed by atoms with van der Waals surface area (Å²) in [7, 11) is 0. The molecule has 33 heavy (non-hydrogen) atoms. The van der Waals surface area contributed by atoms with Gasteiger partial charge in [-0.3, -0.25) is 14.9 Å². The fourth-order valence-corrected chi connectivity index (χ4v) is 4.09. The predicted molar refractivity (Wildman–Crippen MR) is 121 cm³/mol. The third-order valence-electron chi connectivity index (χ3n) is 5.21. The topological polar surface area (TPSA) is 87.2 Å². The molecule has 1 saturated heterocycles. The van der Waals surface area contributed by atoms with Crippen LogP contribution in [0.3, 0.4) is 0 Å². The SMILES string of the molecule is C/C(=C/c1ccnc(N2CCC(CNCc3ccc(F)c(F)c3F)CC2)n1)SC(=O)NC=O. The molecule has 2 heterocycles. The van der Waals surface area contributed by atoms with Crippen molar-refractivity contribution in [1.29, 1.82) is 0 Å². The molecule has 3 rings (SSSR count). The Hall–Kier alpha value is -2.92. The summed E-state index contributed by atoms with van der Waals surface area (Å²) >= 11 is 0.905. The van der Waals surface area contributed by atoms with Gasteiger partial charge in [-0.05, 0) is 67.1 Å². The number of anilines is 1. The molecule has 0 aliphatic carbocycles. The number of halogens is 3. The molecular weight excluding hydrogens is 455 g/mol. The van der Waals surface area contributed by atoms with Crippen LogP contribution in [-0.4, -0.2) is 41.3 Å². The van der Waals surface area contributed by atoms with Gasteiger partial charge in [0.25, 0.3) is 5.24 Å². The summed E-state index contributed by atoms with van der Waals surface area (Å²) in [6.07, 6.45) is 5.48. The van der Waals surface area contributed by atoms with Crippen molar-refractivity contribution < 1.29 is 22.8 Å². The standard InChI is InChI=1S/C22H24F3N5O2S/c1-14(33-22(32)28-13-31)10-17-4-7-27-21(29-17)30-8-5-15(6-9-30)11-26-12-16-2-3-18(23)20(25)19(16)24/h2-4,7,10,13,15,26H,5-6,8-9,11-12H2,1H3,(H,28,31,32)/b14-10-. The summed E-state index contributed by atoms with van der Waals surface area (Å²) in [5.41, 5.74) is 0.753. The highest BCUT2D eigenvalue weighted by Crippen LogP contribution is 2.23. The summed E-state index contributed by atoms with van der Waals surface area (Å²) in [6.45, 7) is 4.00. The highest BCUT2D eigenvalue weighted by molar-refractivity contribution is 8.17. The van der Waals surface area contributed by atoms with E-state index >= 15 is 0 Å². The Morgan fingerprint density at radius 2 is 1.97 bits per heavy atom. The first-order valence-corrected chi connectivity index (χ1v) is 11.2. The Bertz CT molecular complexity index is 1030. The minimum absolute atomic E-state index is 0.0988. The Balaban J connectivity index is 1.49. The molecule has 1 fully saturated rings. The zero-order chi connectivity index (χ0) is 23.8. The van der Waals surface area contributed by atoms with Crippen molar-refractivity contribution >= 4 is 35.4 Å². The van der Waals surface area contributed by atoms with Gasteiger partial charge in [-0.2, -0.15) is 0 Å². The largest absolute Gasteiger partial charge is 0.341 e. The fraction of sp³-hybridized carbons (Fsp3) is 0.364. The van der Waals surface area contributed by atoms with E-state index in [1.165, 1.54) is 6.07 Å². The lowest BCUT2D eigenvalue weighted by Crippen LogP contribution is -2.38. The van der Waals surface area contributed by atoms with Crippen LogP contribution in [0.25, 0.3) is 6.08 Å². The van der Waals surface area contributed by atoms with Gasteiger partial charge in [0.1, 0.15) is 0 Å². The van der Waals surface area contributed by atoms with Crippen LogP contribution in [0.15, 0.2) is 29.3 Å². The zero-order valence-electron chi connectivity index (χ0n) is 18.0. The first-order valence-electron chi connectivity index (χ1n) is 10.4. The molecule has 2 N–H and O–H groups in total. The van der Waals surface area contributed by atoms with Crippen molar-refractivity contribution in [2.75, 3.05) is 24.5 Å². The Morgan fingerprint density at radius 1 is 1.21 bits per heavy atom. The van der Waals surface area contributed by atoms with Crippen molar-refractivity contribution in [1.82, 2.24) is 20.6 Å². The highest BCUT2D eigenvalue weighted by atomic mass is 32.2. The van der Waals surface area contributed by atoms with E-state index in [2.05, 4.69) is 25.5 Å². The van der Waals surface area contributed by atoms with E-state index in [-0.39, 0.29) is 12.1 Å². The molecule has 0 spiro atoms. The average molecular weight is 480 g/mol. The third-order valence-corrected chi connectivity index (χ3v) is 5.95. The number of allylic oxidation sites excluding steroid dienone is 1. The molecule has 1 aromatic carbocycles. The number of aromatic nitrogens is 2. The first-order chi connectivity index (χ1) is 15.9. The van der Waals surface area contributed by atoms with Crippen LogP contribution >= 0.6 is 11.8 Å². The van der Waals surface area contributed by atoms with Crippen LogP contribution in [0.4, 0.5) is 23.9 Å². The van der Waals surface area contributed by atoms with Crippen LogP contribution in [0.5, 0.6) is 0 Å². The second-order valence-corrected chi connectivity index (χ2v) is 8.80. The Morgan fingerprint density at radius 3 is 2.70 bits per heavy atom. The maximum atomic E-state index is 13.8. The van der Waals surface area contributed by atoms with Crippen LogP contribution in [0.2, 0.25) is 0 Å². The van der Waals surface area contributed by atoms with Crippen LogP contribution in [-0.2, 0) is 11.3 Å². The maximum Gasteiger partial charge on any atom is 0.289 e. The molecule has 0 atom stereocenters. The molecule has 0 saturated carbocycles. The summed E-state index contributed by atoms with van der Waals surface area (Å²) < 4.78 is 40.1. The van der Waals surface area contributed by atoms with Gasteiger partial charge in [-0.25, -0.2) is 23.1 Å². The normalized spacial score (nSPS) is 14.9. The van der Waals surface area contributed by atoms with Gasteiger partial charge in [0, 0.05) is 31.4 Å². The van der Waals surface area contributed by atoms with E-state index in [0.29, 0.717) is 35.4 Å². The maximum absolute atomic E-state index is 13.8. The summed E-state index contributed by atoms with van der Waals surface area (Å²) in [6, 6.07) is 3.91. The van der Waals surface area contributed by atoms with E-state index in [4.69, 9.17) is 0 Å². The quantitative estimate of drug-likeness (QED) is 0.439. The number of hydrogen-bond donors (Lipinski definition) is 2. The number of rotatable bonds is 8. The minimum Gasteiger partial charge on any atom is -0.341 e. The number of piperidine rings is 1. The Labute approximate surface area is 193 Å². The highest BCUT2D eigenvalue weighted by Gasteiger charge is 2.21. The summed E-state index contributed by atoms with van der Waals surface area (Å²) in [5, 5.41) is 4.73. The number of hydrogen-bond acceptors (Lipinski definition) is 7. The number of imide groups is 1. The predicted octanol–water partition coefficient (Wildman–Crippen LogP) is 3.86. The van der Waals surface area contributed by atoms with Gasteiger partial charge in [0.05, 0.1) is 5.69 Å². The van der Waals surface area contributed by atoms with Crippen LogP contribution in [0, 0.1) is 23.4 Å². The van der Waals surface area contributed by atoms with E-state index in [9.17, 15) is 22.8 Å². The summed E-state index contributed by atoms with van der Waals surface area (Å²) in [4.78, 5) is 33.4. The fourth-order valence-electron chi connectivity index (χ4n) is 3.51. The third kappa shape index (κ3) is 7.03. The van der Waals surface area contributed by atoms with Crippen LogP contribution in [0.1, 0.15) is 31.0 Å². The molecule has 2 amide bonds. The molecule has 0 unspecified atom stereocenters. The number of carbonyl (C=O) groups excluding carboxylic acids is 2. The van der Waals surface area contributed by atoms with Crippen molar-refractivity contribution in [3.05, 3.63) is 58.0 Å². The molecule has 176 valence electrons. The number of benzene rings is 1. The van der Waals surface area contributed by atoms with Gasteiger partial charge in [-0.15, -0.1) is 0 Å². The molecule has 0 bridgehead atoms. The molecular formula is C22H24F3N5O2S. The van der Waals surface area contributed by atoms with E-state index in [1.54, 1.807) is 25.3 Å². The molecule has 0 radical (unpaired) electrons. The lowest BCUT2D eigenvalue weighted by molar-refractivity contribution is -0.108. The molecule has 1 aromatic heterocycles. The summed E-state index contributed by atoms with van der Waals surface area (Å²) in [5.74, 6) is -2.84. The van der Waals surface area contributed by atoms with Gasteiger partial charge in [-0.1, -0.05) is 6.07 Å². The van der Waals surface area contributed by atoms with Crippen molar-refractivity contribution in [3.8, 4) is 0 Å². The van der Waals surface area contributed by atoms with Crippen molar-refractivity contribution in [2.24, 2.45) is 5.92 Å². The van der Waals surface area contributed by atoms with Crippen molar-refractivity contribution in [3.63, 3.8) is 0 Å². The molecule has 1 aliphatic rings. The lowest BCUT2D eigenvalue weighted by atomic mass is 9.97. The Kier molecular flexibility index (Phi) is 8.84. The smallest absolute Gasteiger partial charge is 0.289 e. The zero-order valence-corrected chi connectivity index (χ0v) is 18.8. The number of amides is 2. The minimum atomic E-state index is -1.45. The van der Waals surface area contributed by atoms with Gasteiger partial charge < -0.3 is 10.2 Å². The molecule has 11 heteroatoms. The van der Waals surface area contributed by atoms with Crippen molar-refractivity contribution in [2.45, 2.75) is 26.3 Å². The number of thioether (sulfide) groups is 1. The first kappa shape index (κ1) is 24.7. The average Bonchev–Trinajstić information content (AvgIpc) is 2.79. The monoisotopic (exact) mass is 479 g/mol. The molecule has 7 nitrogen and oxygen atoms in total. The second kappa shape index (κ2) is 11.8. The van der Waals surface area contributed by atoms with E-state index in [1.807, 2.05) is 0 Å². The molecule has 2 aromatic rings. The number of nitrogens with zero attached hydrogens (tertiary/aromatic N) is 3. The van der Waals surface area contributed by atoms with E-state index in [0.717, 1.165) is 43.8 Å². The lowest BCUT2D eigenvalue weighted by Gasteiger charge is -2.32. The number of carbonyl (C=O) groups is 2.